The van der Waals surface area contributed by atoms with Crippen LogP contribution in [-0.4, -0.2) is 31.1 Å². The molecular formula is C17H25Cl2FN2. The third kappa shape index (κ3) is 3.94. The predicted octanol–water partition coefficient (Wildman–Crippen LogP) is 4.43. The zero-order chi connectivity index (χ0) is 14.7. The molecule has 1 atom stereocenters. The lowest BCUT2D eigenvalue weighted by Gasteiger charge is -2.41. The molecular weight excluding hydrogens is 322 g/mol. The molecule has 0 radical (unpaired) electrons. The molecule has 1 saturated carbocycles. The molecule has 0 aromatic heterocycles. The summed E-state index contributed by atoms with van der Waals surface area (Å²) in [6, 6.07) is 5.23. The number of hydrogen-bond acceptors (Lipinski definition) is 2. The maximum Gasteiger partial charge on any atom is 0.129 e. The molecule has 1 aliphatic carbocycles. The van der Waals surface area contributed by atoms with Gasteiger partial charge in [0.05, 0.1) is 0 Å². The minimum atomic E-state index is -0.142. The molecule has 22 heavy (non-hydrogen) atoms. The number of nitrogens with one attached hydrogen (secondary N) is 1. The number of nitrogens with zero attached hydrogens (tertiary/aromatic N) is 1. The highest BCUT2D eigenvalue weighted by Gasteiger charge is 2.33. The van der Waals surface area contributed by atoms with Crippen LogP contribution < -0.4 is 5.32 Å². The lowest BCUT2D eigenvalue weighted by molar-refractivity contribution is 0.101. The van der Waals surface area contributed by atoms with Crippen LogP contribution in [-0.2, 0) is 0 Å². The molecule has 1 aromatic rings. The summed E-state index contributed by atoms with van der Waals surface area (Å²) >= 11 is 6.38. The SMILES string of the molecule is Cl.Fc1cccc(Cl)c1[C@H](C1CCCCC1)N1CCNCC1. The zero-order valence-corrected chi connectivity index (χ0v) is 14.4. The largest absolute Gasteiger partial charge is 0.314 e. The maximum atomic E-state index is 14.5. The summed E-state index contributed by atoms with van der Waals surface area (Å²) in [6.07, 6.45) is 6.23. The average Bonchev–Trinajstić information content (AvgIpc) is 2.53. The fourth-order valence-corrected chi connectivity index (χ4v) is 4.19. The Morgan fingerprint density at radius 1 is 1.14 bits per heavy atom. The van der Waals surface area contributed by atoms with Gasteiger partial charge >= 0.3 is 0 Å². The fourth-order valence-electron chi connectivity index (χ4n) is 3.92. The first-order valence-electron chi connectivity index (χ1n) is 8.16. The van der Waals surface area contributed by atoms with Gasteiger partial charge in [-0.25, -0.2) is 4.39 Å². The van der Waals surface area contributed by atoms with Gasteiger partial charge in [0.1, 0.15) is 5.82 Å². The lowest BCUT2D eigenvalue weighted by Crippen LogP contribution is -2.47. The molecule has 124 valence electrons. The van der Waals surface area contributed by atoms with Crippen LogP contribution in [0, 0.1) is 11.7 Å². The van der Waals surface area contributed by atoms with Crippen LogP contribution in [0.5, 0.6) is 0 Å². The average molecular weight is 347 g/mol. The number of rotatable bonds is 3. The monoisotopic (exact) mass is 346 g/mol. The second-order valence-electron chi connectivity index (χ2n) is 6.26. The van der Waals surface area contributed by atoms with Crippen molar-refractivity contribution in [3.63, 3.8) is 0 Å². The van der Waals surface area contributed by atoms with Crippen LogP contribution in [0.3, 0.4) is 0 Å². The van der Waals surface area contributed by atoms with Crippen molar-refractivity contribution in [1.29, 1.82) is 0 Å². The first-order chi connectivity index (χ1) is 10.3. The Morgan fingerprint density at radius 3 is 2.45 bits per heavy atom. The number of piperazine rings is 1. The van der Waals surface area contributed by atoms with E-state index in [9.17, 15) is 4.39 Å². The molecule has 1 saturated heterocycles. The summed E-state index contributed by atoms with van der Waals surface area (Å²) < 4.78 is 14.5. The summed E-state index contributed by atoms with van der Waals surface area (Å²) in [5, 5.41) is 3.97. The molecule has 1 aliphatic heterocycles. The molecule has 0 spiro atoms. The highest BCUT2D eigenvalue weighted by Crippen LogP contribution is 2.41. The normalized spacial score (nSPS) is 22.1. The Labute approximate surface area is 143 Å². The van der Waals surface area contributed by atoms with Crippen molar-refractivity contribution in [2.45, 2.75) is 38.1 Å². The van der Waals surface area contributed by atoms with E-state index in [2.05, 4.69) is 10.2 Å². The van der Waals surface area contributed by atoms with E-state index in [0.717, 1.165) is 31.7 Å². The van der Waals surface area contributed by atoms with Crippen LogP contribution >= 0.6 is 24.0 Å². The summed E-state index contributed by atoms with van der Waals surface area (Å²) in [5.41, 5.74) is 0.730. The highest BCUT2D eigenvalue weighted by molar-refractivity contribution is 6.31. The molecule has 1 N–H and O–H groups in total. The van der Waals surface area contributed by atoms with E-state index < -0.39 is 0 Å². The summed E-state index contributed by atoms with van der Waals surface area (Å²) in [7, 11) is 0. The van der Waals surface area contributed by atoms with Crippen LogP contribution in [0.25, 0.3) is 0 Å². The topological polar surface area (TPSA) is 15.3 Å². The van der Waals surface area contributed by atoms with E-state index in [4.69, 9.17) is 11.6 Å². The number of halogens is 3. The second-order valence-corrected chi connectivity index (χ2v) is 6.67. The summed E-state index contributed by atoms with van der Waals surface area (Å²) in [4.78, 5) is 2.44. The Kier molecular flexibility index (Phi) is 6.94. The Balaban J connectivity index is 0.00000176. The Bertz CT molecular complexity index is 433. The van der Waals surface area contributed by atoms with Gasteiger partial charge in [0, 0.05) is 42.8 Å². The van der Waals surface area contributed by atoms with E-state index in [0.29, 0.717) is 10.9 Å². The third-order valence-corrected chi connectivity index (χ3v) is 5.27. The smallest absolute Gasteiger partial charge is 0.129 e. The first-order valence-corrected chi connectivity index (χ1v) is 8.54. The number of hydrogen-bond donors (Lipinski definition) is 1. The standard InChI is InChI=1S/C17H24ClFN2.ClH/c18-14-7-4-8-15(19)16(14)17(13-5-2-1-3-6-13)21-11-9-20-10-12-21;/h4,7-8,13,17,20H,1-3,5-6,9-12H2;1H/t17-;/m0./s1. The van der Waals surface area contributed by atoms with Gasteiger partial charge in [0.2, 0.25) is 0 Å². The van der Waals surface area contributed by atoms with Gasteiger partial charge in [0.25, 0.3) is 0 Å². The molecule has 0 unspecified atom stereocenters. The van der Waals surface area contributed by atoms with Crippen molar-refractivity contribution >= 4 is 24.0 Å². The molecule has 0 amide bonds. The van der Waals surface area contributed by atoms with Crippen LogP contribution in [0.2, 0.25) is 5.02 Å². The van der Waals surface area contributed by atoms with Crippen molar-refractivity contribution in [3.8, 4) is 0 Å². The van der Waals surface area contributed by atoms with Crippen LogP contribution in [0.4, 0.5) is 4.39 Å². The Morgan fingerprint density at radius 2 is 1.82 bits per heavy atom. The van der Waals surface area contributed by atoms with Crippen molar-refractivity contribution in [1.82, 2.24) is 10.2 Å². The molecule has 2 aliphatic rings. The van der Waals surface area contributed by atoms with E-state index >= 15 is 0 Å². The quantitative estimate of drug-likeness (QED) is 0.870. The molecule has 1 heterocycles. The van der Waals surface area contributed by atoms with E-state index in [1.807, 2.05) is 6.07 Å². The fraction of sp³-hybridized carbons (Fsp3) is 0.647. The van der Waals surface area contributed by atoms with Gasteiger partial charge in [0.15, 0.2) is 0 Å². The number of benzene rings is 1. The third-order valence-electron chi connectivity index (χ3n) is 4.94. The van der Waals surface area contributed by atoms with Gasteiger partial charge in [-0.2, -0.15) is 0 Å². The highest BCUT2D eigenvalue weighted by atomic mass is 35.5. The van der Waals surface area contributed by atoms with Gasteiger partial charge < -0.3 is 5.32 Å². The van der Waals surface area contributed by atoms with E-state index in [1.54, 1.807) is 12.1 Å². The van der Waals surface area contributed by atoms with Crippen LogP contribution in [0.1, 0.15) is 43.7 Å². The van der Waals surface area contributed by atoms with Gasteiger partial charge in [-0.05, 0) is 30.9 Å². The molecule has 3 rings (SSSR count). The van der Waals surface area contributed by atoms with Crippen molar-refractivity contribution in [2.75, 3.05) is 26.2 Å². The maximum absolute atomic E-state index is 14.5. The van der Waals surface area contributed by atoms with E-state index in [1.165, 1.54) is 32.1 Å². The predicted molar refractivity (Wildman–Crippen MR) is 92.4 cm³/mol. The lowest BCUT2D eigenvalue weighted by atomic mass is 9.80. The van der Waals surface area contributed by atoms with Gasteiger partial charge in [-0.15, -0.1) is 12.4 Å². The van der Waals surface area contributed by atoms with E-state index in [-0.39, 0.29) is 24.3 Å². The molecule has 2 fully saturated rings. The second kappa shape index (κ2) is 8.49. The summed E-state index contributed by atoms with van der Waals surface area (Å²) in [5.74, 6) is 0.392. The van der Waals surface area contributed by atoms with Gasteiger partial charge in [-0.1, -0.05) is 36.9 Å². The minimum Gasteiger partial charge on any atom is -0.314 e. The van der Waals surface area contributed by atoms with Crippen molar-refractivity contribution in [2.24, 2.45) is 5.92 Å². The van der Waals surface area contributed by atoms with Crippen LogP contribution in [0.15, 0.2) is 18.2 Å². The molecule has 0 bridgehead atoms. The zero-order valence-electron chi connectivity index (χ0n) is 12.9. The minimum absolute atomic E-state index is 0. The Hall–Kier alpha value is -0.350. The molecule has 2 nitrogen and oxygen atoms in total. The van der Waals surface area contributed by atoms with Gasteiger partial charge in [-0.3, -0.25) is 4.90 Å². The summed E-state index contributed by atoms with van der Waals surface area (Å²) in [6.45, 7) is 3.92. The van der Waals surface area contributed by atoms with Crippen molar-refractivity contribution in [3.05, 3.63) is 34.6 Å². The molecule has 5 heteroatoms. The van der Waals surface area contributed by atoms with Crippen molar-refractivity contribution < 1.29 is 4.39 Å². The molecule has 1 aromatic carbocycles. The first kappa shape index (κ1) is 18.0.